The molecule has 2 aromatic rings. The third kappa shape index (κ3) is 3.15. The van der Waals surface area contributed by atoms with Gasteiger partial charge < -0.3 is 15.0 Å². The van der Waals surface area contributed by atoms with Gasteiger partial charge in [0.2, 0.25) is 5.91 Å². The second-order valence-corrected chi connectivity index (χ2v) is 6.92. The van der Waals surface area contributed by atoms with E-state index in [1.807, 2.05) is 23.6 Å². The average molecular weight is 355 g/mol. The molecular formula is C18H17N3O3S. The summed E-state index contributed by atoms with van der Waals surface area (Å²) in [5.41, 5.74) is 2.34. The lowest BCUT2D eigenvalue weighted by Gasteiger charge is -2.28. The molecule has 2 aliphatic rings. The fourth-order valence-corrected chi connectivity index (χ4v) is 3.43. The van der Waals surface area contributed by atoms with E-state index in [0.717, 1.165) is 24.1 Å². The zero-order valence-corrected chi connectivity index (χ0v) is 14.3. The molecule has 0 radical (unpaired) electrons. The quantitative estimate of drug-likeness (QED) is 0.837. The molecular weight excluding hydrogens is 338 g/mol. The monoisotopic (exact) mass is 355 g/mol. The topological polar surface area (TPSA) is 71.5 Å². The Hall–Kier alpha value is -2.67. The average Bonchev–Trinajstić information content (AvgIpc) is 3.37. The first kappa shape index (κ1) is 15.8. The highest BCUT2D eigenvalue weighted by atomic mass is 32.1. The van der Waals surface area contributed by atoms with Gasteiger partial charge >= 0.3 is 0 Å². The number of hydrogen-bond acceptors (Lipinski definition) is 5. The van der Waals surface area contributed by atoms with Crippen LogP contribution in [0.3, 0.4) is 0 Å². The third-order valence-corrected chi connectivity index (χ3v) is 4.95. The van der Waals surface area contributed by atoms with E-state index in [1.165, 1.54) is 11.3 Å². The van der Waals surface area contributed by atoms with E-state index >= 15 is 0 Å². The molecule has 1 saturated carbocycles. The van der Waals surface area contributed by atoms with Crippen molar-refractivity contribution in [2.24, 2.45) is 5.92 Å². The molecule has 0 spiro atoms. The van der Waals surface area contributed by atoms with Gasteiger partial charge in [0, 0.05) is 23.4 Å². The summed E-state index contributed by atoms with van der Waals surface area (Å²) in [6, 6.07) is 5.63. The fraction of sp³-hybridized carbons (Fsp3) is 0.278. The normalized spacial score (nSPS) is 16.2. The van der Waals surface area contributed by atoms with Crippen LogP contribution in [-0.2, 0) is 9.59 Å². The predicted octanol–water partition coefficient (Wildman–Crippen LogP) is 3.07. The van der Waals surface area contributed by atoms with Crippen LogP contribution in [-0.4, -0.2) is 29.9 Å². The van der Waals surface area contributed by atoms with Crippen molar-refractivity contribution < 1.29 is 14.3 Å². The minimum atomic E-state index is -0.0970. The van der Waals surface area contributed by atoms with E-state index in [9.17, 15) is 9.59 Å². The highest BCUT2D eigenvalue weighted by Crippen LogP contribution is 2.37. The summed E-state index contributed by atoms with van der Waals surface area (Å²) < 4.78 is 5.49. The van der Waals surface area contributed by atoms with E-state index in [4.69, 9.17) is 4.74 Å². The summed E-state index contributed by atoms with van der Waals surface area (Å²) in [6.07, 6.45) is 3.61. The number of thiazole rings is 1. The van der Waals surface area contributed by atoms with Crippen LogP contribution >= 0.6 is 11.3 Å². The van der Waals surface area contributed by atoms with Crippen LogP contribution in [0.15, 0.2) is 36.2 Å². The van der Waals surface area contributed by atoms with Crippen LogP contribution in [0, 0.1) is 5.92 Å². The molecule has 6 nitrogen and oxygen atoms in total. The highest BCUT2D eigenvalue weighted by Gasteiger charge is 2.30. The number of benzene rings is 1. The Bertz CT molecular complexity index is 857. The molecule has 7 heteroatoms. The molecule has 1 aliphatic heterocycles. The number of hydrogen-bond donors (Lipinski definition) is 1. The Labute approximate surface area is 149 Å². The number of fused-ring (bicyclic) bond motifs is 1. The molecule has 1 aromatic heterocycles. The van der Waals surface area contributed by atoms with E-state index in [1.54, 1.807) is 11.0 Å². The Balaban J connectivity index is 1.61. The van der Waals surface area contributed by atoms with Crippen molar-refractivity contribution in [2.45, 2.75) is 12.8 Å². The van der Waals surface area contributed by atoms with Crippen molar-refractivity contribution >= 4 is 34.0 Å². The molecule has 1 aliphatic carbocycles. The number of aromatic nitrogens is 1. The van der Waals surface area contributed by atoms with Gasteiger partial charge in [-0.15, -0.1) is 17.9 Å². The lowest BCUT2D eigenvalue weighted by molar-refractivity contribution is -0.121. The van der Waals surface area contributed by atoms with Crippen LogP contribution < -0.4 is 15.0 Å². The maximum Gasteiger partial charge on any atom is 0.265 e. The summed E-state index contributed by atoms with van der Waals surface area (Å²) >= 11 is 1.40. The standard InChI is InChI=1S/C18H17N3O3S/c1-2-7-21-14-8-12(5-6-15(14)24-9-16(21)22)13-10-25-18(19-13)20-17(23)11-3-4-11/h2,5-6,8,10-11H,1,3-4,7,9H2,(H,19,20,23). The smallest absolute Gasteiger partial charge is 0.265 e. The molecule has 1 aromatic carbocycles. The van der Waals surface area contributed by atoms with Crippen LogP contribution in [0.25, 0.3) is 11.3 Å². The van der Waals surface area contributed by atoms with Gasteiger partial charge in [-0.05, 0) is 31.0 Å². The zero-order chi connectivity index (χ0) is 17.4. The van der Waals surface area contributed by atoms with Gasteiger partial charge in [-0.25, -0.2) is 4.98 Å². The van der Waals surface area contributed by atoms with Gasteiger partial charge in [-0.1, -0.05) is 6.08 Å². The Morgan fingerprint density at radius 3 is 3.08 bits per heavy atom. The lowest BCUT2D eigenvalue weighted by atomic mass is 10.1. The van der Waals surface area contributed by atoms with Crippen molar-refractivity contribution in [3.8, 4) is 17.0 Å². The van der Waals surface area contributed by atoms with Gasteiger partial charge in [0.25, 0.3) is 5.91 Å². The van der Waals surface area contributed by atoms with Gasteiger partial charge in [-0.2, -0.15) is 0 Å². The summed E-state index contributed by atoms with van der Waals surface area (Å²) in [4.78, 5) is 30.1. The van der Waals surface area contributed by atoms with Gasteiger partial charge in [-0.3, -0.25) is 9.59 Å². The van der Waals surface area contributed by atoms with Crippen LogP contribution in [0.2, 0.25) is 0 Å². The van der Waals surface area contributed by atoms with Crippen LogP contribution in [0.4, 0.5) is 10.8 Å². The molecule has 0 saturated heterocycles. The maximum absolute atomic E-state index is 12.1. The second-order valence-electron chi connectivity index (χ2n) is 6.07. The van der Waals surface area contributed by atoms with E-state index in [0.29, 0.717) is 23.1 Å². The highest BCUT2D eigenvalue weighted by molar-refractivity contribution is 7.14. The fourth-order valence-electron chi connectivity index (χ4n) is 2.71. The van der Waals surface area contributed by atoms with Gasteiger partial charge in [0.05, 0.1) is 11.4 Å². The lowest BCUT2D eigenvalue weighted by Crippen LogP contribution is -2.38. The van der Waals surface area contributed by atoms with Crippen molar-refractivity contribution in [3.63, 3.8) is 0 Å². The summed E-state index contributed by atoms with van der Waals surface area (Å²) in [5, 5.41) is 5.35. The zero-order valence-electron chi connectivity index (χ0n) is 13.5. The Kier molecular flexibility index (Phi) is 4.01. The van der Waals surface area contributed by atoms with Crippen molar-refractivity contribution in [1.82, 2.24) is 4.98 Å². The largest absolute Gasteiger partial charge is 0.482 e. The first-order valence-electron chi connectivity index (χ1n) is 8.10. The maximum atomic E-state index is 12.1. The summed E-state index contributed by atoms with van der Waals surface area (Å²) in [5.74, 6) is 0.761. The van der Waals surface area contributed by atoms with E-state index in [2.05, 4.69) is 16.9 Å². The van der Waals surface area contributed by atoms with Crippen molar-refractivity contribution in [1.29, 1.82) is 0 Å². The molecule has 0 unspecified atom stereocenters. The van der Waals surface area contributed by atoms with Crippen LogP contribution in [0.1, 0.15) is 12.8 Å². The number of nitrogens with zero attached hydrogens (tertiary/aromatic N) is 2. The molecule has 1 fully saturated rings. The molecule has 128 valence electrons. The molecule has 4 rings (SSSR count). The minimum absolute atomic E-state index is 0.0359. The molecule has 25 heavy (non-hydrogen) atoms. The summed E-state index contributed by atoms with van der Waals surface area (Å²) in [7, 11) is 0. The van der Waals surface area contributed by atoms with Crippen LogP contribution in [0.5, 0.6) is 5.75 Å². The number of carbonyl (C=O) groups is 2. The van der Waals surface area contributed by atoms with E-state index < -0.39 is 0 Å². The number of carbonyl (C=O) groups excluding carboxylic acids is 2. The molecule has 1 N–H and O–H groups in total. The van der Waals surface area contributed by atoms with Crippen molar-refractivity contribution in [3.05, 3.63) is 36.2 Å². The molecule has 0 bridgehead atoms. The Morgan fingerprint density at radius 2 is 2.32 bits per heavy atom. The molecule has 0 atom stereocenters. The van der Waals surface area contributed by atoms with E-state index in [-0.39, 0.29) is 24.3 Å². The van der Waals surface area contributed by atoms with Crippen molar-refractivity contribution in [2.75, 3.05) is 23.4 Å². The van der Waals surface area contributed by atoms with Gasteiger partial charge in [0.15, 0.2) is 11.7 Å². The molecule has 2 heterocycles. The minimum Gasteiger partial charge on any atom is -0.482 e. The SMILES string of the molecule is C=CCN1C(=O)COc2ccc(-c3csc(NC(=O)C4CC4)n3)cc21. The number of nitrogens with one attached hydrogen (secondary N) is 1. The second kappa shape index (κ2) is 6.33. The third-order valence-electron chi connectivity index (χ3n) is 4.19. The summed E-state index contributed by atoms with van der Waals surface area (Å²) in [6.45, 7) is 4.17. The Morgan fingerprint density at radius 1 is 1.48 bits per heavy atom. The number of rotatable bonds is 5. The first-order valence-corrected chi connectivity index (χ1v) is 8.98. The predicted molar refractivity (Wildman–Crippen MR) is 96.9 cm³/mol. The number of amides is 2. The first-order chi connectivity index (χ1) is 12.2. The van der Waals surface area contributed by atoms with Gasteiger partial charge in [0.1, 0.15) is 5.75 Å². The number of ether oxygens (including phenoxy) is 1. The number of anilines is 2. The molecule has 2 amide bonds.